The van der Waals surface area contributed by atoms with Crippen LogP contribution in [0.4, 0.5) is 0 Å². The molecule has 7 heteroatoms. The second kappa shape index (κ2) is 8.69. The van der Waals surface area contributed by atoms with Crippen LogP contribution in [0, 0.1) is 0 Å². The summed E-state index contributed by atoms with van der Waals surface area (Å²) in [4.78, 5) is 34.3. The SMILES string of the molecule is O=C(CSc1nc2ccccc2c(=O)n1-c1ccccc1)N1CCC[C@@H]1c1cccs1. The van der Waals surface area contributed by atoms with Crippen molar-refractivity contribution in [1.82, 2.24) is 14.5 Å². The van der Waals surface area contributed by atoms with E-state index in [1.54, 1.807) is 22.0 Å². The van der Waals surface area contributed by atoms with Gasteiger partial charge < -0.3 is 4.90 Å². The smallest absolute Gasteiger partial charge is 0.266 e. The summed E-state index contributed by atoms with van der Waals surface area (Å²) in [5, 5.41) is 3.16. The van der Waals surface area contributed by atoms with Crippen LogP contribution >= 0.6 is 23.1 Å². The zero-order valence-corrected chi connectivity index (χ0v) is 18.4. The van der Waals surface area contributed by atoms with Crippen molar-refractivity contribution in [3.05, 3.63) is 87.3 Å². The highest BCUT2D eigenvalue weighted by molar-refractivity contribution is 7.99. The maximum atomic E-state index is 13.3. The fraction of sp³-hybridized carbons (Fsp3) is 0.208. The number of nitrogens with zero attached hydrogens (tertiary/aromatic N) is 3. The number of thiophene rings is 1. The minimum atomic E-state index is -0.121. The lowest BCUT2D eigenvalue weighted by Gasteiger charge is -2.24. The molecule has 1 atom stereocenters. The first kappa shape index (κ1) is 20.0. The summed E-state index contributed by atoms with van der Waals surface area (Å²) in [6.45, 7) is 0.776. The van der Waals surface area contributed by atoms with E-state index in [-0.39, 0.29) is 23.3 Å². The molecular weight excluding hydrogens is 426 g/mol. The van der Waals surface area contributed by atoms with E-state index in [4.69, 9.17) is 4.98 Å². The number of amides is 1. The summed E-state index contributed by atoms with van der Waals surface area (Å²) in [6.07, 6.45) is 2.02. The average molecular weight is 448 g/mol. The topological polar surface area (TPSA) is 55.2 Å². The van der Waals surface area contributed by atoms with Gasteiger partial charge in [-0.1, -0.05) is 48.2 Å². The van der Waals surface area contributed by atoms with Crippen LogP contribution in [0.25, 0.3) is 16.6 Å². The van der Waals surface area contributed by atoms with Crippen LogP contribution in [-0.4, -0.2) is 32.7 Å². The molecule has 31 heavy (non-hydrogen) atoms. The molecule has 0 aliphatic carbocycles. The molecule has 0 saturated carbocycles. The first-order valence-electron chi connectivity index (χ1n) is 10.3. The fourth-order valence-electron chi connectivity index (χ4n) is 4.07. The molecule has 1 amide bonds. The molecule has 4 aromatic rings. The predicted molar refractivity (Wildman–Crippen MR) is 126 cm³/mol. The van der Waals surface area contributed by atoms with Crippen LogP contribution in [-0.2, 0) is 4.79 Å². The molecule has 2 aromatic carbocycles. The van der Waals surface area contributed by atoms with Crippen molar-refractivity contribution in [2.24, 2.45) is 0 Å². The van der Waals surface area contributed by atoms with Crippen molar-refractivity contribution < 1.29 is 4.79 Å². The fourth-order valence-corrected chi connectivity index (χ4v) is 5.84. The zero-order chi connectivity index (χ0) is 21.2. The largest absolute Gasteiger partial charge is 0.334 e. The Hall–Kier alpha value is -2.90. The van der Waals surface area contributed by atoms with Crippen molar-refractivity contribution in [1.29, 1.82) is 0 Å². The Morgan fingerprint density at radius 1 is 1.06 bits per heavy atom. The van der Waals surface area contributed by atoms with Gasteiger partial charge in [0.15, 0.2) is 5.16 Å². The Balaban J connectivity index is 1.46. The van der Waals surface area contributed by atoms with Crippen LogP contribution < -0.4 is 5.56 Å². The van der Waals surface area contributed by atoms with Crippen molar-refractivity contribution in [3.63, 3.8) is 0 Å². The Morgan fingerprint density at radius 2 is 1.87 bits per heavy atom. The highest BCUT2D eigenvalue weighted by Crippen LogP contribution is 2.35. The minimum Gasteiger partial charge on any atom is -0.334 e. The lowest BCUT2D eigenvalue weighted by molar-refractivity contribution is -0.129. The van der Waals surface area contributed by atoms with Crippen LogP contribution in [0.1, 0.15) is 23.8 Å². The molecule has 1 fully saturated rings. The number of benzene rings is 2. The first-order valence-corrected chi connectivity index (χ1v) is 12.1. The van der Waals surface area contributed by atoms with Gasteiger partial charge in [0, 0.05) is 11.4 Å². The molecular formula is C24H21N3O2S2. The van der Waals surface area contributed by atoms with Crippen molar-refractivity contribution in [2.75, 3.05) is 12.3 Å². The summed E-state index contributed by atoms with van der Waals surface area (Å²) in [6, 6.07) is 21.1. The van der Waals surface area contributed by atoms with Gasteiger partial charge in [-0.05, 0) is 48.6 Å². The van der Waals surface area contributed by atoms with Crippen LogP contribution in [0.15, 0.2) is 82.1 Å². The van der Waals surface area contributed by atoms with Gasteiger partial charge in [0.1, 0.15) is 0 Å². The minimum absolute atomic E-state index is 0.0860. The standard InChI is InChI=1S/C24H21N3O2S2/c28-22(26-14-6-12-20(26)21-13-7-15-30-21)16-31-24-25-19-11-5-4-10-18(19)23(29)27(24)17-8-2-1-3-9-17/h1-5,7-11,13,15,20H,6,12,14,16H2/t20-/m1/s1. The Morgan fingerprint density at radius 3 is 2.68 bits per heavy atom. The third-order valence-corrected chi connectivity index (χ3v) is 7.43. The number of carbonyl (C=O) groups excluding carboxylic acids is 1. The monoisotopic (exact) mass is 447 g/mol. The van der Waals surface area contributed by atoms with E-state index in [0.29, 0.717) is 16.1 Å². The van der Waals surface area contributed by atoms with Crippen molar-refractivity contribution >= 4 is 39.9 Å². The highest BCUT2D eigenvalue weighted by Gasteiger charge is 2.30. The van der Waals surface area contributed by atoms with Crippen molar-refractivity contribution in [3.8, 4) is 5.69 Å². The molecule has 0 unspecified atom stereocenters. The molecule has 156 valence electrons. The molecule has 1 saturated heterocycles. The maximum absolute atomic E-state index is 13.3. The van der Waals surface area contributed by atoms with Crippen LogP contribution in [0.5, 0.6) is 0 Å². The molecule has 0 spiro atoms. The van der Waals surface area contributed by atoms with E-state index >= 15 is 0 Å². The molecule has 1 aliphatic heterocycles. The number of hydrogen-bond acceptors (Lipinski definition) is 5. The number of hydrogen-bond donors (Lipinski definition) is 0. The third-order valence-electron chi connectivity index (χ3n) is 5.53. The molecule has 0 bridgehead atoms. The number of rotatable bonds is 5. The van der Waals surface area contributed by atoms with Crippen molar-refractivity contribution in [2.45, 2.75) is 24.0 Å². The van der Waals surface area contributed by atoms with E-state index in [2.05, 4.69) is 11.4 Å². The molecule has 5 rings (SSSR count). The van der Waals surface area contributed by atoms with Gasteiger partial charge in [-0.2, -0.15) is 0 Å². The summed E-state index contributed by atoms with van der Waals surface area (Å²) in [7, 11) is 0. The number of aromatic nitrogens is 2. The summed E-state index contributed by atoms with van der Waals surface area (Å²) < 4.78 is 1.61. The molecule has 1 aliphatic rings. The second-order valence-corrected chi connectivity index (χ2v) is 9.36. The van der Waals surface area contributed by atoms with E-state index < -0.39 is 0 Å². The van der Waals surface area contributed by atoms with Gasteiger partial charge >= 0.3 is 0 Å². The highest BCUT2D eigenvalue weighted by atomic mass is 32.2. The quantitative estimate of drug-likeness (QED) is 0.322. The van der Waals surface area contributed by atoms with Gasteiger partial charge in [-0.15, -0.1) is 11.3 Å². The maximum Gasteiger partial charge on any atom is 0.266 e. The summed E-state index contributed by atoms with van der Waals surface area (Å²) in [5.41, 5.74) is 1.27. The third kappa shape index (κ3) is 3.91. The van der Waals surface area contributed by atoms with Gasteiger partial charge in [-0.3, -0.25) is 14.2 Å². The summed E-state index contributed by atoms with van der Waals surface area (Å²) >= 11 is 3.03. The van der Waals surface area contributed by atoms with Gasteiger partial charge in [0.2, 0.25) is 5.91 Å². The molecule has 0 radical (unpaired) electrons. The number of fused-ring (bicyclic) bond motifs is 1. The molecule has 3 heterocycles. The van der Waals surface area contributed by atoms with E-state index in [1.165, 1.54) is 16.6 Å². The van der Waals surface area contributed by atoms with Gasteiger partial charge in [0.25, 0.3) is 5.56 Å². The van der Waals surface area contributed by atoms with Gasteiger partial charge in [0.05, 0.1) is 28.4 Å². The Bertz CT molecular complexity index is 1270. The normalized spacial score (nSPS) is 16.1. The van der Waals surface area contributed by atoms with E-state index in [9.17, 15) is 9.59 Å². The lowest BCUT2D eigenvalue weighted by Crippen LogP contribution is -2.32. The van der Waals surface area contributed by atoms with Crippen LogP contribution in [0.3, 0.4) is 0 Å². The Kier molecular flexibility index (Phi) is 5.61. The Labute approximate surface area is 188 Å². The average Bonchev–Trinajstić information content (AvgIpc) is 3.50. The molecule has 5 nitrogen and oxygen atoms in total. The number of carbonyl (C=O) groups is 1. The van der Waals surface area contributed by atoms with E-state index in [0.717, 1.165) is 25.1 Å². The van der Waals surface area contributed by atoms with Crippen LogP contribution in [0.2, 0.25) is 0 Å². The predicted octanol–water partition coefficient (Wildman–Crippen LogP) is 4.90. The number of likely N-dealkylation sites (tertiary alicyclic amines) is 1. The zero-order valence-electron chi connectivity index (χ0n) is 16.8. The van der Waals surface area contributed by atoms with Gasteiger partial charge in [-0.25, -0.2) is 4.98 Å². The second-order valence-electron chi connectivity index (χ2n) is 7.44. The number of thioether (sulfide) groups is 1. The number of para-hydroxylation sites is 2. The van der Waals surface area contributed by atoms with E-state index in [1.807, 2.05) is 59.5 Å². The lowest BCUT2D eigenvalue weighted by atomic mass is 10.2. The molecule has 0 N–H and O–H groups in total. The first-order chi connectivity index (χ1) is 15.2. The summed E-state index contributed by atoms with van der Waals surface area (Å²) in [5.74, 6) is 0.336. The molecule has 2 aromatic heterocycles.